The van der Waals surface area contributed by atoms with Crippen LogP contribution in [0, 0.1) is 11.8 Å². The molecule has 2 heterocycles. The number of carboxylic acids is 1. The molecule has 2 fully saturated rings. The number of benzene rings is 3. The van der Waals surface area contributed by atoms with Crippen molar-refractivity contribution in [3.8, 4) is 5.75 Å². The molecule has 3 aromatic carbocycles. The number of ether oxygens (including phenoxy) is 1. The predicted molar refractivity (Wildman–Crippen MR) is 135 cm³/mol. The highest BCUT2D eigenvalue weighted by molar-refractivity contribution is 6.30. The molecule has 0 saturated carbocycles. The summed E-state index contributed by atoms with van der Waals surface area (Å²) in [6.45, 7) is 2.35. The van der Waals surface area contributed by atoms with Crippen molar-refractivity contribution in [3.63, 3.8) is 0 Å². The fourth-order valence-electron chi connectivity index (χ4n) is 5.42. The van der Waals surface area contributed by atoms with Crippen molar-refractivity contribution in [1.82, 2.24) is 5.32 Å². The summed E-state index contributed by atoms with van der Waals surface area (Å²) in [6, 6.07) is 22.0. The second kappa shape index (κ2) is 9.41. The number of anilines is 1. The lowest BCUT2D eigenvalue weighted by Crippen LogP contribution is -2.57. The third kappa shape index (κ3) is 3.94. The Morgan fingerprint density at radius 2 is 1.67 bits per heavy atom. The number of hydrogen-bond donors (Lipinski definition) is 2. The number of aliphatic carboxylic acids is 1. The first kappa shape index (κ1) is 24.0. The molecule has 36 heavy (non-hydrogen) atoms. The monoisotopic (exact) mass is 504 g/mol. The maximum atomic E-state index is 13.9. The van der Waals surface area contributed by atoms with Crippen molar-refractivity contribution in [2.45, 2.75) is 24.9 Å². The summed E-state index contributed by atoms with van der Waals surface area (Å²) in [7, 11) is 0. The number of hydrogen-bond acceptors (Lipinski definition) is 5. The van der Waals surface area contributed by atoms with Gasteiger partial charge in [0.25, 0.3) is 0 Å². The van der Waals surface area contributed by atoms with Crippen LogP contribution in [0.5, 0.6) is 5.75 Å². The Morgan fingerprint density at radius 3 is 2.28 bits per heavy atom. The lowest BCUT2D eigenvalue weighted by Gasteiger charge is -2.31. The number of carbonyl (C=O) groups is 3. The van der Waals surface area contributed by atoms with Gasteiger partial charge in [0.2, 0.25) is 11.8 Å². The number of amides is 2. The standard InChI is InChI=1S/C28H25ClN2O5/c1-2-36-21-14-12-20(13-15-21)31-25(32)22-23(26(31)33)28(27(34)35,16-17-6-4-3-5-7-17)30-24(22)18-8-10-19(29)11-9-18/h3-15,22-24,30H,2,16H2,1H3,(H,34,35)/t22-,23-,24-,28-/m0/s1. The van der Waals surface area contributed by atoms with Crippen molar-refractivity contribution in [3.05, 3.63) is 95.0 Å². The molecule has 0 aliphatic carbocycles. The first-order chi connectivity index (χ1) is 17.4. The minimum Gasteiger partial charge on any atom is -0.494 e. The first-order valence-electron chi connectivity index (χ1n) is 11.8. The second-order valence-electron chi connectivity index (χ2n) is 9.05. The SMILES string of the molecule is CCOc1ccc(N2C(=O)[C@H]3[C@@H](C2=O)[C@@](Cc2ccccc2)(C(=O)O)N[C@H]3c2ccc(Cl)cc2)cc1. The molecule has 0 bridgehead atoms. The molecule has 2 N–H and O–H groups in total. The van der Waals surface area contributed by atoms with Crippen molar-refractivity contribution in [1.29, 1.82) is 0 Å². The molecule has 2 aliphatic rings. The summed E-state index contributed by atoms with van der Waals surface area (Å²) < 4.78 is 5.48. The Hall–Kier alpha value is -3.68. The zero-order chi connectivity index (χ0) is 25.4. The van der Waals surface area contributed by atoms with Crippen molar-refractivity contribution >= 4 is 35.1 Å². The second-order valence-corrected chi connectivity index (χ2v) is 9.49. The lowest BCUT2D eigenvalue weighted by atomic mass is 9.76. The van der Waals surface area contributed by atoms with E-state index in [1.165, 1.54) is 0 Å². The van der Waals surface area contributed by atoms with Gasteiger partial charge in [-0.05, 0) is 54.4 Å². The topological polar surface area (TPSA) is 95.9 Å². The summed E-state index contributed by atoms with van der Waals surface area (Å²) in [5.41, 5.74) is 0.156. The zero-order valence-electron chi connectivity index (χ0n) is 19.6. The molecule has 0 spiro atoms. The molecule has 7 nitrogen and oxygen atoms in total. The van der Waals surface area contributed by atoms with Gasteiger partial charge in [-0.25, -0.2) is 4.90 Å². The van der Waals surface area contributed by atoms with Crippen LogP contribution in [-0.2, 0) is 20.8 Å². The van der Waals surface area contributed by atoms with E-state index < -0.39 is 41.2 Å². The third-order valence-electron chi connectivity index (χ3n) is 7.00. The van der Waals surface area contributed by atoms with Crippen LogP contribution >= 0.6 is 11.6 Å². The smallest absolute Gasteiger partial charge is 0.325 e. The van der Waals surface area contributed by atoms with Crippen LogP contribution < -0.4 is 15.0 Å². The molecule has 0 radical (unpaired) electrons. The van der Waals surface area contributed by atoms with Crippen LogP contribution in [0.4, 0.5) is 5.69 Å². The minimum absolute atomic E-state index is 0.0462. The van der Waals surface area contributed by atoms with Crippen molar-refractivity contribution < 1.29 is 24.2 Å². The van der Waals surface area contributed by atoms with Gasteiger partial charge in [0, 0.05) is 17.5 Å². The summed E-state index contributed by atoms with van der Waals surface area (Å²) in [4.78, 5) is 41.8. The van der Waals surface area contributed by atoms with Gasteiger partial charge in [0.1, 0.15) is 11.3 Å². The number of carboxylic acid groups (broad SMARTS) is 1. The van der Waals surface area contributed by atoms with Gasteiger partial charge in [0.15, 0.2) is 0 Å². The summed E-state index contributed by atoms with van der Waals surface area (Å²) >= 11 is 6.08. The molecule has 3 aromatic rings. The van der Waals surface area contributed by atoms with Gasteiger partial charge in [-0.15, -0.1) is 0 Å². The summed E-state index contributed by atoms with van der Waals surface area (Å²) in [6.07, 6.45) is 0.0462. The predicted octanol–water partition coefficient (Wildman–Crippen LogP) is 4.25. The van der Waals surface area contributed by atoms with E-state index in [0.717, 1.165) is 10.5 Å². The van der Waals surface area contributed by atoms with Crippen LogP contribution in [0.1, 0.15) is 24.1 Å². The molecule has 5 rings (SSSR count). The van der Waals surface area contributed by atoms with E-state index in [1.807, 2.05) is 37.3 Å². The first-order valence-corrected chi connectivity index (χ1v) is 12.1. The number of nitrogens with zero attached hydrogens (tertiary/aromatic N) is 1. The lowest BCUT2D eigenvalue weighted by molar-refractivity contribution is -0.148. The van der Waals surface area contributed by atoms with Gasteiger partial charge in [-0.1, -0.05) is 54.1 Å². The number of rotatable bonds is 7. The summed E-state index contributed by atoms with van der Waals surface area (Å²) in [5.74, 6) is -3.52. The van der Waals surface area contributed by atoms with E-state index in [0.29, 0.717) is 28.6 Å². The Kier molecular flexibility index (Phi) is 6.28. The fraction of sp³-hybridized carbons (Fsp3) is 0.250. The molecule has 8 heteroatoms. The Labute approximate surface area is 213 Å². The van der Waals surface area contributed by atoms with Gasteiger partial charge in [-0.3, -0.25) is 19.7 Å². The molecule has 2 aliphatic heterocycles. The molecule has 0 unspecified atom stereocenters. The van der Waals surface area contributed by atoms with Gasteiger partial charge in [-0.2, -0.15) is 0 Å². The van der Waals surface area contributed by atoms with Gasteiger partial charge < -0.3 is 9.84 Å². The molecule has 0 aromatic heterocycles. The zero-order valence-corrected chi connectivity index (χ0v) is 20.3. The van der Waals surface area contributed by atoms with Crippen LogP contribution in [0.15, 0.2) is 78.9 Å². The third-order valence-corrected chi connectivity index (χ3v) is 7.25. The Bertz CT molecular complexity index is 1300. The van der Waals surface area contributed by atoms with E-state index in [2.05, 4.69) is 5.32 Å². The largest absolute Gasteiger partial charge is 0.494 e. The molecular weight excluding hydrogens is 480 g/mol. The quantitative estimate of drug-likeness (QED) is 0.467. The van der Waals surface area contributed by atoms with Gasteiger partial charge >= 0.3 is 5.97 Å². The van der Waals surface area contributed by atoms with Crippen LogP contribution in [0.2, 0.25) is 5.02 Å². The highest BCUT2D eigenvalue weighted by Gasteiger charge is 2.68. The minimum atomic E-state index is -1.68. The molecule has 2 amide bonds. The highest BCUT2D eigenvalue weighted by Crippen LogP contribution is 2.51. The van der Waals surface area contributed by atoms with E-state index >= 15 is 0 Å². The fourth-order valence-corrected chi connectivity index (χ4v) is 5.55. The maximum Gasteiger partial charge on any atom is 0.325 e. The molecule has 2 saturated heterocycles. The molecular formula is C28H25ClN2O5. The van der Waals surface area contributed by atoms with Gasteiger partial charge in [0.05, 0.1) is 24.1 Å². The van der Waals surface area contributed by atoms with E-state index in [4.69, 9.17) is 16.3 Å². The van der Waals surface area contributed by atoms with Crippen molar-refractivity contribution in [2.75, 3.05) is 11.5 Å². The molecule has 4 atom stereocenters. The average molecular weight is 505 g/mol. The normalized spacial score (nSPS) is 25.2. The average Bonchev–Trinajstić information content (AvgIpc) is 3.35. The highest BCUT2D eigenvalue weighted by atomic mass is 35.5. The summed E-state index contributed by atoms with van der Waals surface area (Å²) in [5, 5.41) is 14.3. The number of carbonyl (C=O) groups excluding carboxylic acids is 2. The van der Waals surface area contributed by atoms with Crippen LogP contribution in [-0.4, -0.2) is 35.0 Å². The number of halogens is 1. The maximum absolute atomic E-state index is 13.9. The number of nitrogens with one attached hydrogen (secondary N) is 1. The van der Waals surface area contributed by atoms with E-state index in [9.17, 15) is 19.5 Å². The Balaban J connectivity index is 1.61. The van der Waals surface area contributed by atoms with Crippen LogP contribution in [0.25, 0.3) is 0 Å². The number of imide groups is 1. The molecule has 184 valence electrons. The van der Waals surface area contributed by atoms with Crippen molar-refractivity contribution in [2.24, 2.45) is 11.8 Å². The number of fused-ring (bicyclic) bond motifs is 1. The Morgan fingerprint density at radius 1 is 1.00 bits per heavy atom. The van der Waals surface area contributed by atoms with E-state index in [1.54, 1.807) is 48.5 Å². The van der Waals surface area contributed by atoms with Crippen LogP contribution in [0.3, 0.4) is 0 Å². The van der Waals surface area contributed by atoms with E-state index in [-0.39, 0.29) is 6.42 Å².